The van der Waals surface area contributed by atoms with E-state index in [0.29, 0.717) is 5.75 Å². The third kappa shape index (κ3) is 2.05. The lowest BCUT2D eigenvalue weighted by molar-refractivity contribution is 0.182. The van der Waals surface area contributed by atoms with Crippen LogP contribution in [0.2, 0.25) is 0 Å². The van der Waals surface area contributed by atoms with Crippen LogP contribution in [-0.2, 0) is 0 Å². The van der Waals surface area contributed by atoms with Crippen molar-refractivity contribution < 1.29 is 9.84 Å². The first kappa shape index (κ1) is 11.0. The molecule has 0 aromatic heterocycles. The second-order valence-electron chi connectivity index (χ2n) is 3.43. The SMILES string of the molecule is COc1cc(C)c(C)cc1[C@@H](O)CN. The Kier molecular flexibility index (Phi) is 3.49. The average Bonchev–Trinajstić information content (AvgIpc) is 2.20. The van der Waals surface area contributed by atoms with Crippen LogP contribution in [-0.4, -0.2) is 18.8 Å². The first-order chi connectivity index (χ1) is 6.60. The van der Waals surface area contributed by atoms with E-state index in [9.17, 15) is 5.11 Å². The molecule has 0 fully saturated rings. The maximum atomic E-state index is 9.65. The molecule has 78 valence electrons. The molecule has 1 aromatic rings. The number of nitrogens with two attached hydrogens (primary N) is 1. The van der Waals surface area contributed by atoms with Crippen LogP contribution in [0.5, 0.6) is 5.75 Å². The number of hydrogen-bond acceptors (Lipinski definition) is 3. The van der Waals surface area contributed by atoms with Crippen molar-refractivity contribution >= 4 is 0 Å². The van der Waals surface area contributed by atoms with Crippen molar-refractivity contribution in [2.45, 2.75) is 20.0 Å². The molecule has 0 aliphatic heterocycles. The Hall–Kier alpha value is -1.06. The van der Waals surface area contributed by atoms with Crippen molar-refractivity contribution in [2.75, 3.05) is 13.7 Å². The van der Waals surface area contributed by atoms with Gasteiger partial charge in [0.2, 0.25) is 0 Å². The van der Waals surface area contributed by atoms with E-state index in [0.717, 1.165) is 16.7 Å². The monoisotopic (exact) mass is 195 g/mol. The summed E-state index contributed by atoms with van der Waals surface area (Å²) in [7, 11) is 1.59. The first-order valence-corrected chi connectivity index (χ1v) is 4.63. The van der Waals surface area contributed by atoms with E-state index in [1.807, 2.05) is 26.0 Å². The Morgan fingerprint density at radius 3 is 2.43 bits per heavy atom. The molecule has 1 rings (SSSR count). The van der Waals surface area contributed by atoms with Crippen LogP contribution in [0.25, 0.3) is 0 Å². The molecule has 0 amide bonds. The van der Waals surface area contributed by atoms with Gasteiger partial charge in [-0.2, -0.15) is 0 Å². The second-order valence-corrected chi connectivity index (χ2v) is 3.43. The number of hydrogen-bond donors (Lipinski definition) is 2. The topological polar surface area (TPSA) is 55.5 Å². The highest BCUT2D eigenvalue weighted by atomic mass is 16.5. The standard InChI is InChI=1S/C11H17NO2/c1-7-4-9(10(13)6-12)11(14-3)5-8(7)2/h4-5,10,13H,6,12H2,1-3H3/t10-/m0/s1. The minimum absolute atomic E-state index is 0.207. The Bertz CT molecular complexity index is 323. The van der Waals surface area contributed by atoms with E-state index < -0.39 is 6.10 Å². The summed E-state index contributed by atoms with van der Waals surface area (Å²) in [6, 6.07) is 3.84. The molecule has 0 radical (unpaired) electrons. The molecular weight excluding hydrogens is 178 g/mol. The summed E-state index contributed by atoms with van der Waals surface area (Å²) >= 11 is 0. The van der Waals surface area contributed by atoms with E-state index in [1.54, 1.807) is 7.11 Å². The third-order valence-electron chi connectivity index (χ3n) is 2.43. The van der Waals surface area contributed by atoms with Crippen molar-refractivity contribution in [2.24, 2.45) is 5.73 Å². The number of benzene rings is 1. The highest BCUT2D eigenvalue weighted by Gasteiger charge is 2.12. The van der Waals surface area contributed by atoms with Gasteiger partial charge in [-0.3, -0.25) is 0 Å². The fraction of sp³-hybridized carbons (Fsp3) is 0.455. The molecule has 0 heterocycles. The van der Waals surface area contributed by atoms with Gasteiger partial charge < -0.3 is 15.6 Å². The molecule has 0 saturated carbocycles. The summed E-state index contributed by atoms with van der Waals surface area (Å²) in [5, 5.41) is 9.65. The number of aliphatic hydroxyl groups excluding tert-OH is 1. The summed E-state index contributed by atoms with van der Waals surface area (Å²) in [5.41, 5.74) is 8.45. The molecule has 0 bridgehead atoms. The maximum absolute atomic E-state index is 9.65. The quantitative estimate of drug-likeness (QED) is 0.764. The molecule has 3 heteroatoms. The molecule has 0 unspecified atom stereocenters. The molecule has 0 aliphatic rings. The van der Waals surface area contributed by atoms with Crippen molar-refractivity contribution in [3.8, 4) is 5.75 Å². The van der Waals surface area contributed by atoms with E-state index >= 15 is 0 Å². The summed E-state index contributed by atoms with van der Waals surface area (Å²) in [4.78, 5) is 0. The molecular formula is C11H17NO2. The Labute approximate surface area is 84.5 Å². The number of methoxy groups -OCH3 is 1. The van der Waals surface area contributed by atoms with Crippen LogP contribution in [0.3, 0.4) is 0 Å². The molecule has 14 heavy (non-hydrogen) atoms. The van der Waals surface area contributed by atoms with Gasteiger partial charge >= 0.3 is 0 Å². The number of aliphatic hydroxyl groups is 1. The lowest BCUT2D eigenvalue weighted by atomic mass is 10.0. The average molecular weight is 195 g/mol. The van der Waals surface area contributed by atoms with Gasteiger partial charge in [-0.1, -0.05) is 0 Å². The predicted molar refractivity (Wildman–Crippen MR) is 56.5 cm³/mol. The lowest BCUT2D eigenvalue weighted by Gasteiger charge is -2.15. The van der Waals surface area contributed by atoms with Gasteiger partial charge in [-0.05, 0) is 37.1 Å². The molecule has 1 atom stereocenters. The highest BCUT2D eigenvalue weighted by molar-refractivity contribution is 5.43. The summed E-state index contributed by atoms with van der Waals surface area (Å²) in [5.74, 6) is 0.700. The van der Waals surface area contributed by atoms with Crippen molar-refractivity contribution in [1.82, 2.24) is 0 Å². The molecule has 1 aromatic carbocycles. The van der Waals surface area contributed by atoms with Crippen LogP contribution in [0, 0.1) is 13.8 Å². The zero-order valence-electron chi connectivity index (χ0n) is 8.87. The third-order valence-corrected chi connectivity index (χ3v) is 2.43. The van der Waals surface area contributed by atoms with Crippen LogP contribution in [0.1, 0.15) is 22.8 Å². The number of rotatable bonds is 3. The molecule has 0 spiro atoms. The lowest BCUT2D eigenvalue weighted by Crippen LogP contribution is -2.13. The van der Waals surface area contributed by atoms with Crippen LogP contribution >= 0.6 is 0 Å². The number of aryl methyl sites for hydroxylation is 2. The Morgan fingerprint density at radius 1 is 1.36 bits per heavy atom. The fourth-order valence-corrected chi connectivity index (χ4v) is 1.38. The molecule has 3 nitrogen and oxygen atoms in total. The van der Waals surface area contributed by atoms with Gasteiger partial charge in [0.25, 0.3) is 0 Å². The van der Waals surface area contributed by atoms with Gasteiger partial charge in [-0.15, -0.1) is 0 Å². The van der Waals surface area contributed by atoms with Gasteiger partial charge in [-0.25, -0.2) is 0 Å². The minimum Gasteiger partial charge on any atom is -0.496 e. The largest absolute Gasteiger partial charge is 0.496 e. The molecule has 0 aliphatic carbocycles. The van der Waals surface area contributed by atoms with E-state index in [1.165, 1.54) is 0 Å². The Morgan fingerprint density at radius 2 is 1.93 bits per heavy atom. The minimum atomic E-state index is -0.649. The zero-order chi connectivity index (χ0) is 10.7. The van der Waals surface area contributed by atoms with Crippen molar-refractivity contribution in [1.29, 1.82) is 0 Å². The van der Waals surface area contributed by atoms with Gasteiger partial charge in [0.1, 0.15) is 5.75 Å². The van der Waals surface area contributed by atoms with Crippen molar-refractivity contribution in [3.05, 3.63) is 28.8 Å². The fourth-order valence-electron chi connectivity index (χ4n) is 1.38. The van der Waals surface area contributed by atoms with Gasteiger partial charge in [0.15, 0.2) is 0 Å². The number of ether oxygens (including phenoxy) is 1. The summed E-state index contributed by atoms with van der Waals surface area (Å²) < 4.78 is 5.19. The summed E-state index contributed by atoms with van der Waals surface area (Å²) in [6.07, 6.45) is -0.649. The van der Waals surface area contributed by atoms with Gasteiger partial charge in [0, 0.05) is 12.1 Å². The maximum Gasteiger partial charge on any atom is 0.124 e. The van der Waals surface area contributed by atoms with E-state index in [-0.39, 0.29) is 6.54 Å². The van der Waals surface area contributed by atoms with Crippen LogP contribution in [0.4, 0.5) is 0 Å². The van der Waals surface area contributed by atoms with Gasteiger partial charge in [0.05, 0.1) is 13.2 Å². The first-order valence-electron chi connectivity index (χ1n) is 4.63. The van der Waals surface area contributed by atoms with Crippen molar-refractivity contribution in [3.63, 3.8) is 0 Å². The highest BCUT2D eigenvalue weighted by Crippen LogP contribution is 2.27. The molecule has 3 N–H and O–H groups in total. The summed E-state index contributed by atoms with van der Waals surface area (Å²) in [6.45, 7) is 4.22. The zero-order valence-corrected chi connectivity index (χ0v) is 8.87. The van der Waals surface area contributed by atoms with Crippen LogP contribution in [0.15, 0.2) is 12.1 Å². The predicted octanol–water partition coefficient (Wildman–Crippen LogP) is 1.30. The smallest absolute Gasteiger partial charge is 0.124 e. The van der Waals surface area contributed by atoms with E-state index in [4.69, 9.17) is 10.5 Å². The molecule has 0 saturated heterocycles. The van der Waals surface area contributed by atoms with Crippen LogP contribution < -0.4 is 10.5 Å². The Balaban J connectivity index is 3.19. The normalized spacial score (nSPS) is 12.6. The second kappa shape index (κ2) is 4.44. The van der Waals surface area contributed by atoms with E-state index in [2.05, 4.69) is 0 Å².